The molecule has 2 heterocycles. The number of carboxylic acid groups (broad SMARTS) is 1. The second kappa shape index (κ2) is 4.20. The Hall–Kier alpha value is -2.69. The van der Waals surface area contributed by atoms with Crippen LogP contribution in [0.5, 0.6) is 0 Å². The Bertz CT molecular complexity index is 744. The zero-order valence-electron chi connectivity index (χ0n) is 10.1. The summed E-state index contributed by atoms with van der Waals surface area (Å²) in [4.78, 5) is 19.1. The molecule has 3 rings (SSSR count). The topological polar surface area (TPSA) is 76.2 Å². The molecule has 0 spiro atoms. The van der Waals surface area contributed by atoms with Gasteiger partial charge in [-0.05, 0) is 19.1 Å². The van der Waals surface area contributed by atoms with Crippen molar-refractivity contribution in [1.82, 2.24) is 9.97 Å². The van der Waals surface area contributed by atoms with Crippen LogP contribution in [-0.2, 0) is 0 Å². The highest BCUT2D eigenvalue weighted by Gasteiger charge is 2.13. The molecular formula is C14H10N2O3. The van der Waals surface area contributed by atoms with E-state index in [-0.39, 0.29) is 5.69 Å². The van der Waals surface area contributed by atoms with E-state index in [0.29, 0.717) is 17.3 Å². The first kappa shape index (κ1) is 11.4. The first-order valence-corrected chi connectivity index (χ1v) is 5.71. The molecule has 3 aromatic rings. The molecule has 0 saturated heterocycles. The quantitative estimate of drug-likeness (QED) is 0.760. The van der Waals surface area contributed by atoms with Crippen LogP contribution in [0, 0.1) is 6.92 Å². The second-order valence-electron chi connectivity index (χ2n) is 4.14. The maximum absolute atomic E-state index is 11.0. The van der Waals surface area contributed by atoms with Gasteiger partial charge in [0.05, 0.1) is 0 Å². The highest BCUT2D eigenvalue weighted by Crippen LogP contribution is 2.26. The van der Waals surface area contributed by atoms with Crippen LogP contribution < -0.4 is 0 Å². The zero-order valence-corrected chi connectivity index (χ0v) is 10.1. The van der Waals surface area contributed by atoms with Gasteiger partial charge in [0.15, 0.2) is 11.5 Å². The molecule has 0 radical (unpaired) electrons. The van der Waals surface area contributed by atoms with Crippen molar-refractivity contribution in [1.29, 1.82) is 0 Å². The Balaban J connectivity index is 2.17. The Labute approximate surface area is 108 Å². The fraction of sp³-hybridized carbons (Fsp3) is 0.0714. The van der Waals surface area contributed by atoms with Crippen LogP contribution in [0.1, 0.15) is 16.3 Å². The third-order valence-corrected chi connectivity index (χ3v) is 2.74. The molecule has 94 valence electrons. The van der Waals surface area contributed by atoms with Gasteiger partial charge in [0, 0.05) is 11.5 Å². The lowest BCUT2D eigenvalue weighted by Gasteiger charge is -2.00. The number of benzene rings is 1. The molecule has 5 heteroatoms. The van der Waals surface area contributed by atoms with Gasteiger partial charge in [-0.3, -0.25) is 0 Å². The van der Waals surface area contributed by atoms with E-state index in [1.807, 2.05) is 30.3 Å². The Morgan fingerprint density at radius 3 is 2.74 bits per heavy atom. The number of rotatable bonds is 2. The van der Waals surface area contributed by atoms with Gasteiger partial charge in [-0.15, -0.1) is 0 Å². The van der Waals surface area contributed by atoms with Crippen LogP contribution in [0.4, 0.5) is 0 Å². The molecule has 0 bridgehead atoms. The monoisotopic (exact) mass is 254 g/mol. The fourth-order valence-electron chi connectivity index (χ4n) is 1.91. The average molecular weight is 254 g/mol. The maximum atomic E-state index is 11.0. The van der Waals surface area contributed by atoms with Gasteiger partial charge >= 0.3 is 5.97 Å². The molecule has 0 aliphatic carbocycles. The normalized spacial score (nSPS) is 10.8. The van der Waals surface area contributed by atoms with E-state index in [2.05, 4.69) is 9.97 Å². The van der Waals surface area contributed by atoms with E-state index in [1.165, 1.54) is 6.07 Å². The molecule has 1 aromatic carbocycles. The number of carbonyl (C=O) groups is 1. The van der Waals surface area contributed by atoms with E-state index < -0.39 is 5.97 Å². The van der Waals surface area contributed by atoms with E-state index >= 15 is 0 Å². The van der Waals surface area contributed by atoms with E-state index in [1.54, 1.807) is 6.92 Å². The van der Waals surface area contributed by atoms with Gasteiger partial charge in [-0.25, -0.2) is 14.8 Å². The first-order chi connectivity index (χ1) is 9.13. The lowest BCUT2D eigenvalue weighted by atomic mass is 10.2. The minimum atomic E-state index is -1.08. The fourth-order valence-corrected chi connectivity index (χ4v) is 1.91. The minimum Gasteiger partial charge on any atom is -0.477 e. The molecule has 5 nitrogen and oxygen atoms in total. The predicted octanol–water partition coefficient (Wildman–Crippen LogP) is 2.90. The Kier molecular flexibility index (Phi) is 2.52. The van der Waals surface area contributed by atoms with Crippen molar-refractivity contribution in [2.24, 2.45) is 0 Å². The van der Waals surface area contributed by atoms with Crippen LogP contribution in [0.25, 0.3) is 22.4 Å². The van der Waals surface area contributed by atoms with Gasteiger partial charge in [0.25, 0.3) is 0 Å². The lowest BCUT2D eigenvalue weighted by molar-refractivity contribution is 0.0690. The van der Waals surface area contributed by atoms with E-state index in [0.717, 1.165) is 11.0 Å². The number of fused-ring (bicyclic) bond motifs is 1. The number of para-hydroxylation sites is 1. The molecule has 0 aliphatic rings. The third kappa shape index (κ3) is 2.06. The number of aromatic nitrogens is 2. The first-order valence-electron chi connectivity index (χ1n) is 5.71. The summed E-state index contributed by atoms with van der Waals surface area (Å²) >= 11 is 0. The summed E-state index contributed by atoms with van der Waals surface area (Å²) in [6.45, 7) is 1.65. The number of hydrogen-bond donors (Lipinski definition) is 1. The van der Waals surface area contributed by atoms with Crippen molar-refractivity contribution >= 4 is 16.9 Å². The van der Waals surface area contributed by atoms with Crippen molar-refractivity contribution < 1.29 is 14.3 Å². The molecule has 0 fully saturated rings. The van der Waals surface area contributed by atoms with E-state index in [9.17, 15) is 4.79 Å². The summed E-state index contributed by atoms with van der Waals surface area (Å²) in [5.74, 6) is -0.146. The summed E-state index contributed by atoms with van der Waals surface area (Å²) in [7, 11) is 0. The van der Waals surface area contributed by atoms with Crippen LogP contribution in [-0.4, -0.2) is 21.0 Å². The highest BCUT2D eigenvalue weighted by atomic mass is 16.4. The SMILES string of the molecule is Cc1nc(C(=O)O)cc(-c2cc3ccccc3o2)n1. The van der Waals surface area contributed by atoms with Gasteiger partial charge in [0.2, 0.25) is 0 Å². The second-order valence-corrected chi connectivity index (χ2v) is 4.14. The van der Waals surface area contributed by atoms with E-state index in [4.69, 9.17) is 9.52 Å². The molecule has 0 amide bonds. The van der Waals surface area contributed by atoms with Crippen molar-refractivity contribution in [3.8, 4) is 11.5 Å². The molecule has 0 unspecified atom stereocenters. The number of carboxylic acids is 1. The molecule has 0 atom stereocenters. The Morgan fingerprint density at radius 2 is 2.00 bits per heavy atom. The molecule has 1 N–H and O–H groups in total. The molecule has 0 aliphatic heterocycles. The lowest BCUT2D eigenvalue weighted by Crippen LogP contribution is -2.03. The number of aryl methyl sites for hydroxylation is 1. The number of furan rings is 1. The summed E-state index contributed by atoms with van der Waals surface area (Å²) in [6, 6.07) is 10.8. The van der Waals surface area contributed by atoms with Gasteiger partial charge in [-0.2, -0.15) is 0 Å². The maximum Gasteiger partial charge on any atom is 0.354 e. The van der Waals surface area contributed by atoms with Crippen molar-refractivity contribution in [2.45, 2.75) is 6.92 Å². The molecule has 2 aromatic heterocycles. The van der Waals surface area contributed by atoms with Crippen molar-refractivity contribution in [3.63, 3.8) is 0 Å². The third-order valence-electron chi connectivity index (χ3n) is 2.74. The highest BCUT2D eigenvalue weighted by molar-refractivity contribution is 5.87. The predicted molar refractivity (Wildman–Crippen MR) is 68.9 cm³/mol. The van der Waals surface area contributed by atoms with Gasteiger partial charge in [0.1, 0.15) is 17.1 Å². The molecule has 0 saturated carbocycles. The van der Waals surface area contributed by atoms with Crippen LogP contribution >= 0.6 is 0 Å². The number of nitrogens with zero attached hydrogens (tertiary/aromatic N) is 2. The summed E-state index contributed by atoms with van der Waals surface area (Å²) < 4.78 is 5.66. The van der Waals surface area contributed by atoms with Gasteiger partial charge in [-0.1, -0.05) is 18.2 Å². The summed E-state index contributed by atoms with van der Waals surface area (Å²) in [5.41, 5.74) is 1.18. The standard InChI is InChI=1S/C14H10N2O3/c1-8-15-10(7-11(16-8)14(17)18)13-6-9-4-2-3-5-12(9)19-13/h2-7H,1H3,(H,17,18). The average Bonchev–Trinajstić information content (AvgIpc) is 2.81. The number of hydrogen-bond acceptors (Lipinski definition) is 4. The molecule has 19 heavy (non-hydrogen) atoms. The zero-order chi connectivity index (χ0) is 13.4. The minimum absolute atomic E-state index is 0.0389. The smallest absolute Gasteiger partial charge is 0.354 e. The largest absolute Gasteiger partial charge is 0.477 e. The van der Waals surface area contributed by atoms with Crippen LogP contribution in [0.3, 0.4) is 0 Å². The van der Waals surface area contributed by atoms with Gasteiger partial charge < -0.3 is 9.52 Å². The van der Waals surface area contributed by atoms with Crippen LogP contribution in [0.15, 0.2) is 40.8 Å². The van der Waals surface area contributed by atoms with Crippen LogP contribution in [0.2, 0.25) is 0 Å². The number of aromatic carboxylic acids is 1. The Morgan fingerprint density at radius 1 is 1.21 bits per heavy atom. The molecular weight excluding hydrogens is 244 g/mol. The summed E-state index contributed by atoms with van der Waals surface area (Å²) in [5, 5.41) is 9.95. The van der Waals surface area contributed by atoms with Crippen molar-refractivity contribution in [2.75, 3.05) is 0 Å². The summed E-state index contributed by atoms with van der Waals surface area (Å²) in [6.07, 6.45) is 0. The van der Waals surface area contributed by atoms with Crippen molar-refractivity contribution in [3.05, 3.63) is 47.9 Å².